The highest BCUT2D eigenvalue weighted by Gasteiger charge is 2.52. The van der Waals surface area contributed by atoms with Gasteiger partial charge < -0.3 is 23.6 Å². The summed E-state index contributed by atoms with van der Waals surface area (Å²) >= 11 is 17.4. The summed E-state index contributed by atoms with van der Waals surface area (Å²) in [4.78, 5) is 12.5. The zero-order valence-corrected chi connectivity index (χ0v) is 27.7. The van der Waals surface area contributed by atoms with Crippen molar-refractivity contribution in [3.8, 4) is 0 Å². The number of amides is 1. The summed E-state index contributed by atoms with van der Waals surface area (Å²) < 4.78 is 24.0. The SMILES string of the molecule is C=C[C@@H](NC(=O)C(Cl)(Cl)Cl)[C@@H]1OC(C)(C)O[C@@H]1[C@@H](CO[Si](C)(C)C(C)(C)C)O[Si](C)(C)C(C)(C)C. The minimum atomic E-state index is -2.24. The van der Waals surface area contributed by atoms with E-state index < -0.39 is 56.5 Å². The Bertz CT molecular complexity index is 758. The van der Waals surface area contributed by atoms with Gasteiger partial charge in [-0.15, -0.1) is 6.58 Å². The fourth-order valence-corrected chi connectivity index (χ4v) is 5.64. The van der Waals surface area contributed by atoms with Crippen LogP contribution in [0.25, 0.3) is 0 Å². The molecule has 11 heteroatoms. The average molecular weight is 591 g/mol. The lowest BCUT2D eigenvalue weighted by Gasteiger charge is -2.43. The molecule has 1 fully saturated rings. The second kappa shape index (κ2) is 11.2. The van der Waals surface area contributed by atoms with Crippen LogP contribution < -0.4 is 5.32 Å². The van der Waals surface area contributed by atoms with E-state index >= 15 is 0 Å². The summed E-state index contributed by atoms with van der Waals surface area (Å²) in [6.45, 7) is 29.8. The molecular formula is C24H46Cl3NO5Si2. The zero-order valence-electron chi connectivity index (χ0n) is 23.5. The van der Waals surface area contributed by atoms with Crippen molar-refractivity contribution in [2.75, 3.05) is 6.61 Å². The number of carbonyl (C=O) groups excluding carboxylic acids is 1. The van der Waals surface area contributed by atoms with E-state index in [4.69, 9.17) is 53.1 Å². The van der Waals surface area contributed by atoms with E-state index in [-0.39, 0.29) is 10.1 Å². The highest BCUT2D eigenvalue weighted by molar-refractivity contribution is 6.76. The Balaban J connectivity index is 3.41. The van der Waals surface area contributed by atoms with Crippen LogP contribution in [0.15, 0.2) is 12.7 Å². The van der Waals surface area contributed by atoms with Gasteiger partial charge in [-0.3, -0.25) is 4.79 Å². The summed E-state index contributed by atoms with van der Waals surface area (Å²) in [7, 11) is -4.32. The lowest BCUT2D eigenvalue weighted by Crippen LogP contribution is -2.56. The normalized spacial score (nSPS) is 23.6. The molecule has 6 nitrogen and oxygen atoms in total. The van der Waals surface area contributed by atoms with Gasteiger partial charge in [0, 0.05) is 0 Å². The van der Waals surface area contributed by atoms with Gasteiger partial charge in [-0.05, 0) is 50.1 Å². The van der Waals surface area contributed by atoms with E-state index in [1.165, 1.54) is 0 Å². The highest BCUT2D eigenvalue weighted by atomic mass is 35.6. The third-order valence-corrected chi connectivity index (χ3v) is 16.9. The monoisotopic (exact) mass is 589 g/mol. The molecule has 1 rings (SSSR count). The molecule has 1 saturated heterocycles. The van der Waals surface area contributed by atoms with Crippen LogP contribution in [0.4, 0.5) is 0 Å². The first-order valence-electron chi connectivity index (χ1n) is 12.0. The molecule has 0 bridgehead atoms. The summed E-state index contributed by atoms with van der Waals surface area (Å²) in [6.07, 6.45) is -0.0579. The van der Waals surface area contributed by atoms with Crippen molar-refractivity contribution < 1.29 is 23.1 Å². The second-order valence-corrected chi connectivity index (χ2v) is 24.6. The Morgan fingerprint density at radius 1 is 1.00 bits per heavy atom. The average Bonchev–Trinajstić information content (AvgIpc) is 2.95. The van der Waals surface area contributed by atoms with Gasteiger partial charge in [-0.1, -0.05) is 82.4 Å². The molecule has 4 atom stereocenters. The first-order valence-corrected chi connectivity index (χ1v) is 19.0. The minimum Gasteiger partial charge on any atom is -0.414 e. The van der Waals surface area contributed by atoms with Crippen LogP contribution in [0.2, 0.25) is 36.3 Å². The maximum atomic E-state index is 12.5. The van der Waals surface area contributed by atoms with E-state index in [0.717, 1.165) is 0 Å². The number of carbonyl (C=O) groups is 1. The van der Waals surface area contributed by atoms with Crippen LogP contribution >= 0.6 is 34.8 Å². The number of nitrogens with one attached hydrogen (secondary N) is 1. The number of hydrogen-bond acceptors (Lipinski definition) is 5. The molecule has 1 aliphatic rings. The van der Waals surface area contributed by atoms with Crippen molar-refractivity contribution in [2.45, 2.75) is 126 Å². The van der Waals surface area contributed by atoms with Crippen LogP contribution in [0.1, 0.15) is 55.4 Å². The predicted molar refractivity (Wildman–Crippen MR) is 151 cm³/mol. The predicted octanol–water partition coefficient (Wildman–Crippen LogP) is 6.96. The van der Waals surface area contributed by atoms with Crippen LogP contribution in [0, 0.1) is 0 Å². The number of rotatable bonds is 9. The molecule has 0 aromatic rings. The minimum absolute atomic E-state index is 0.0300. The summed E-state index contributed by atoms with van der Waals surface area (Å²) in [5.41, 5.74) is 0. The molecule has 0 saturated carbocycles. The molecular weight excluding hydrogens is 545 g/mol. The van der Waals surface area contributed by atoms with Crippen LogP contribution in [-0.4, -0.2) is 63.1 Å². The molecule has 0 spiro atoms. The van der Waals surface area contributed by atoms with E-state index in [2.05, 4.69) is 79.6 Å². The van der Waals surface area contributed by atoms with Crippen LogP contribution in [0.5, 0.6) is 0 Å². The maximum absolute atomic E-state index is 12.5. The fourth-order valence-electron chi connectivity index (χ4n) is 3.15. The quantitative estimate of drug-likeness (QED) is 0.179. The van der Waals surface area contributed by atoms with Gasteiger partial charge in [0.2, 0.25) is 0 Å². The molecule has 0 aliphatic carbocycles. The van der Waals surface area contributed by atoms with Crippen molar-refractivity contribution in [1.82, 2.24) is 5.32 Å². The molecule has 0 aromatic carbocycles. The maximum Gasteiger partial charge on any atom is 0.272 e. The molecule has 1 aliphatic heterocycles. The Labute approximate surface area is 230 Å². The van der Waals surface area contributed by atoms with Crippen LogP contribution in [-0.2, 0) is 23.1 Å². The topological polar surface area (TPSA) is 66.0 Å². The zero-order chi connectivity index (χ0) is 27.8. The first kappa shape index (κ1) is 33.4. The third kappa shape index (κ3) is 8.96. The van der Waals surface area contributed by atoms with E-state index in [1.807, 2.05) is 13.8 Å². The number of ether oxygens (including phenoxy) is 2. The molecule has 206 valence electrons. The Morgan fingerprint density at radius 3 is 1.86 bits per heavy atom. The van der Waals surface area contributed by atoms with Crippen LogP contribution in [0.3, 0.4) is 0 Å². The van der Waals surface area contributed by atoms with E-state index in [9.17, 15) is 4.79 Å². The molecule has 1 N–H and O–H groups in total. The fraction of sp³-hybridized carbons (Fsp3) is 0.875. The number of halogens is 3. The van der Waals surface area contributed by atoms with Gasteiger partial charge >= 0.3 is 0 Å². The molecule has 1 amide bonds. The number of hydrogen-bond donors (Lipinski definition) is 1. The van der Waals surface area contributed by atoms with Gasteiger partial charge in [0.25, 0.3) is 9.70 Å². The van der Waals surface area contributed by atoms with Gasteiger partial charge in [-0.2, -0.15) is 0 Å². The summed E-state index contributed by atoms with van der Waals surface area (Å²) in [5, 5.41) is 2.72. The van der Waals surface area contributed by atoms with Gasteiger partial charge in [0.15, 0.2) is 22.4 Å². The van der Waals surface area contributed by atoms with Crippen molar-refractivity contribution in [2.24, 2.45) is 0 Å². The van der Waals surface area contributed by atoms with Crippen molar-refractivity contribution >= 4 is 57.3 Å². The largest absolute Gasteiger partial charge is 0.414 e. The highest BCUT2D eigenvalue weighted by Crippen LogP contribution is 2.42. The summed E-state index contributed by atoms with van der Waals surface area (Å²) in [5.74, 6) is -1.69. The summed E-state index contributed by atoms with van der Waals surface area (Å²) in [6, 6.07) is -0.678. The van der Waals surface area contributed by atoms with E-state index in [0.29, 0.717) is 6.61 Å². The van der Waals surface area contributed by atoms with Crippen molar-refractivity contribution in [3.63, 3.8) is 0 Å². The smallest absolute Gasteiger partial charge is 0.272 e. The van der Waals surface area contributed by atoms with Gasteiger partial charge in [0.05, 0.1) is 18.8 Å². The molecule has 0 radical (unpaired) electrons. The van der Waals surface area contributed by atoms with Gasteiger partial charge in [0.1, 0.15) is 12.2 Å². The first-order chi connectivity index (χ1) is 15.3. The molecule has 0 aromatic heterocycles. The van der Waals surface area contributed by atoms with Gasteiger partial charge in [-0.25, -0.2) is 0 Å². The molecule has 35 heavy (non-hydrogen) atoms. The number of alkyl halides is 3. The Kier molecular flexibility index (Phi) is 10.7. The third-order valence-electron chi connectivity index (χ3n) is 7.36. The lowest BCUT2D eigenvalue weighted by atomic mass is 10.0. The van der Waals surface area contributed by atoms with Crippen molar-refractivity contribution in [3.05, 3.63) is 12.7 Å². The second-order valence-electron chi connectivity index (χ2n) is 12.8. The standard InChI is InChI=1S/C24H46Cl3NO5Si2/c1-14-16(28-20(29)24(25,26)27)18-19(32-23(8,9)31-18)17(33-35(12,13)22(5,6)7)15-30-34(10,11)21(2,3)4/h14,16-19H,1,15H2,2-13H3,(H,28,29)/t16-,17-,18+,19-/m1/s1. The van der Waals surface area contributed by atoms with E-state index in [1.54, 1.807) is 6.08 Å². The Morgan fingerprint density at radius 2 is 1.46 bits per heavy atom. The lowest BCUT2D eigenvalue weighted by molar-refractivity contribution is -0.157. The molecule has 0 unspecified atom stereocenters. The Hall–Kier alpha value is 0.354. The van der Waals surface area contributed by atoms with Crippen molar-refractivity contribution in [1.29, 1.82) is 0 Å². The molecule has 1 heterocycles.